The van der Waals surface area contributed by atoms with Crippen LogP contribution >= 0.6 is 18.5 Å². The van der Waals surface area contributed by atoms with Crippen LogP contribution in [0.5, 0.6) is 17.2 Å². The highest BCUT2D eigenvalue weighted by molar-refractivity contribution is 7.88. The van der Waals surface area contributed by atoms with Crippen molar-refractivity contribution < 1.29 is 13.6 Å². The van der Waals surface area contributed by atoms with Gasteiger partial charge in [0, 0.05) is 46.2 Å². The largest absolute Gasteiger partial charge is 0.660 e. The molecule has 2 heterocycles. The van der Waals surface area contributed by atoms with Crippen LogP contribution in [0.25, 0.3) is 0 Å². The summed E-state index contributed by atoms with van der Waals surface area (Å²) in [6, 6.07) is 13.9. The van der Waals surface area contributed by atoms with Crippen molar-refractivity contribution in [3.8, 4) is 17.2 Å². The number of halogens is 1. The normalized spacial score (nSPS) is 16.5. The van der Waals surface area contributed by atoms with Crippen molar-refractivity contribution in [3.63, 3.8) is 0 Å². The summed E-state index contributed by atoms with van der Waals surface area (Å²) in [5.41, 5.74) is 10.1. The van der Waals surface area contributed by atoms with Crippen LogP contribution in [0.4, 0.5) is 0 Å². The first-order valence-corrected chi connectivity index (χ1v) is 18.9. The first kappa shape index (κ1) is 34.1. The Balaban J connectivity index is 1.90. The molecule has 0 atom stereocenters. The van der Waals surface area contributed by atoms with Crippen molar-refractivity contribution >= 4 is 18.5 Å². The molecule has 0 fully saturated rings. The third-order valence-corrected chi connectivity index (χ3v) is 11.0. The molecule has 2 aliphatic rings. The lowest BCUT2D eigenvalue weighted by Gasteiger charge is -2.34. The number of rotatable bonds is 0. The van der Waals surface area contributed by atoms with Gasteiger partial charge in [0.2, 0.25) is 11.2 Å². The molecular weight excluding hydrogens is 595 g/mol. The van der Waals surface area contributed by atoms with Crippen molar-refractivity contribution in [2.24, 2.45) is 0 Å². The molecule has 0 unspecified atom stereocenters. The summed E-state index contributed by atoms with van der Waals surface area (Å²) in [6.07, 6.45) is 1.38. The van der Waals surface area contributed by atoms with Crippen LogP contribution in [-0.4, -0.2) is 0 Å². The zero-order chi connectivity index (χ0) is 33.7. The molecule has 0 radical (unpaired) electrons. The summed E-state index contributed by atoms with van der Waals surface area (Å²) in [6.45, 7) is 33.9. The van der Waals surface area contributed by atoms with Crippen LogP contribution in [0.15, 0.2) is 36.4 Å². The Bertz CT molecular complexity index is 1540. The Morgan fingerprint density at radius 1 is 0.422 bits per heavy atom. The maximum Gasteiger partial charge on any atom is 0.660 e. The van der Waals surface area contributed by atoms with E-state index in [0.717, 1.165) is 50.6 Å². The summed E-state index contributed by atoms with van der Waals surface area (Å²) in [4.78, 5) is 0. The molecule has 2 bridgehead atoms. The molecule has 5 heteroatoms. The second-order valence-electron chi connectivity index (χ2n) is 18.5. The molecular formula is C40H55ClO3P+. The van der Waals surface area contributed by atoms with Gasteiger partial charge in [-0.3, -0.25) is 13.6 Å². The molecule has 0 amide bonds. The fraction of sp³-hybridized carbons (Fsp3) is 0.550. The monoisotopic (exact) mass is 649 g/mol. The number of hydrogen-bond acceptors (Lipinski definition) is 3. The van der Waals surface area contributed by atoms with Crippen molar-refractivity contribution in [1.82, 2.24) is 0 Å². The van der Waals surface area contributed by atoms with Crippen molar-refractivity contribution in [2.75, 3.05) is 0 Å². The molecule has 3 aromatic rings. The quantitative estimate of drug-likeness (QED) is 0.227. The zero-order valence-corrected chi connectivity index (χ0v) is 32.1. The van der Waals surface area contributed by atoms with Crippen molar-refractivity contribution in [1.29, 1.82) is 0 Å². The van der Waals surface area contributed by atoms with Gasteiger partial charge in [0.1, 0.15) is 0 Å². The second-order valence-corrected chi connectivity index (χ2v) is 21.1. The third-order valence-electron chi connectivity index (χ3n) is 9.15. The molecule has 45 heavy (non-hydrogen) atoms. The second kappa shape index (κ2) is 10.6. The summed E-state index contributed by atoms with van der Waals surface area (Å²) in [7, 11) is -3.50. The molecule has 244 valence electrons. The number of fused-ring (bicyclic) bond motifs is 3. The highest BCUT2D eigenvalue weighted by Crippen LogP contribution is 2.69. The van der Waals surface area contributed by atoms with E-state index in [2.05, 4.69) is 140 Å². The van der Waals surface area contributed by atoms with Gasteiger partial charge in [-0.25, -0.2) is 0 Å². The summed E-state index contributed by atoms with van der Waals surface area (Å²) in [5, 5.41) is 0. The van der Waals surface area contributed by atoms with E-state index in [1.807, 2.05) is 0 Å². The van der Waals surface area contributed by atoms with Gasteiger partial charge in [-0.2, -0.15) is 0 Å². The van der Waals surface area contributed by atoms with E-state index in [1.54, 1.807) is 0 Å². The molecule has 0 aliphatic carbocycles. The Labute approximate surface area is 278 Å². The van der Waals surface area contributed by atoms with Gasteiger partial charge in [-0.1, -0.05) is 140 Å². The lowest BCUT2D eigenvalue weighted by Crippen LogP contribution is -2.25. The minimum atomic E-state index is -3.50. The van der Waals surface area contributed by atoms with Gasteiger partial charge < -0.3 is 0 Å². The molecule has 3 nitrogen and oxygen atoms in total. The minimum absolute atomic E-state index is 0.0322. The smallest absolute Gasteiger partial charge is 0.257 e. The zero-order valence-electron chi connectivity index (χ0n) is 30.4. The molecule has 0 saturated heterocycles. The minimum Gasteiger partial charge on any atom is -0.257 e. The van der Waals surface area contributed by atoms with Gasteiger partial charge >= 0.3 is 7.30 Å². The summed E-state index contributed by atoms with van der Waals surface area (Å²) in [5.74, 6) is 2.38. The Kier molecular flexibility index (Phi) is 8.07. The standard InChI is InChI=1S/C40H55ClO3P/c1-36(2,3)28-18-24-16-26-20-29(37(4,5)6)22-31(39(10,11)12)34(26)43-45(41)42-33(24)25(19-28)17-27-21-30(38(7,8)9)23-32(35(27)44-45)40(13,14)15/h18-23H,16-17H2,1-15H3/q+1. The third kappa shape index (κ3) is 6.78. The van der Waals surface area contributed by atoms with Crippen LogP contribution in [0.3, 0.4) is 0 Å². The molecule has 5 rings (SSSR count). The molecule has 0 aromatic heterocycles. The maximum absolute atomic E-state index is 7.62. The fourth-order valence-electron chi connectivity index (χ4n) is 6.20. The average molecular weight is 650 g/mol. The van der Waals surface area contributed by atoms with E-state index in [4.69, 9.17) is 24.8 Å². The van der Waals surface area contributed by atoms with Crippen molar-refractivity contribution in [2.45, 2.75) is 144 Å². The van der Waals surface area contributed by atoms with E-state index < -0.39 is 7.30 Å². The maximum atomic E-state index is 7.62. The summed E-state index contributed by atoms with van der Waals surface area (Å²) < 4.78 is 20.9. The van der Waals surface area contributed by atoms with Gasteiger partial charge in [-0.15, -0.1) is 0 Å². The van der Waals surface area contributed by atoms with Crippen LogP contribution in [-0.2, 0) is 39.9 Å². The molecule has 3 aromatic carbocycles. The van der Waals surface area contributed by atoms with E-state index in [1.165, 1.54) is 16.7 Å². The predicted octanol–water partition coefficient (Wildman–Crippen LogP) is 12.4. The Hall–Kier alpha value is -2.22. The lowest BCUT2D eigenvalue weighted by atomic mass is 9.77. The fourth-order valence-corrected chi connectivity index (χ4v) is 8.25. The lowest BCUT2D eigenvalue weighted by molar-refractivity contribution is 0.354. The van der Waals surface area contributed by atoms with Crippen LogP contribution in [0, 0.1) is 0 Å². The van der Waals surface area contributed by atoms with Crippen LogP contribution in [0.1, 0.15) is 154 Å². The van der Waals surface area contributed by atoms with Crippen molar-refractivity contribution in [3.05, 3.63) is 86.5 Å². The number of benzene rings is 3. The molecule has 0 spiro atoms. The number of hydrogen-bond donors (Lipinski definition) is 0. The van der Waals surface area contributed by atoms with Gasteiger partial charge in [0.15, 0.2) is 17.2 Å². The topological polar surface area (TPSA) is 27.7 Å². The van der Waals surface area contributed by atoms with Gasteiger partial charge in [-0.05, 0) is 43.8 Å². The highest BCUT2D eigenvalue weighted by Gasteiger charge is 2.55. The predicted molar refractivity (Wildman–Crippen MR) is 193 cm³/mol. The first-order valence-electron chi connectivity index (χ1n) is 16.5. The van der Waals surface area contributed by atoms with Crippen LogP contribution < -0.4 is 13.6 Å². The first-order chi connectivity index (χ1) is 20.3. The highest BCUT2D eigenvalue weighted by atomic mass is 35.7. The van der Waals surface area contributed by atoms with E-state index >= 15 is 0 Å². The molecule has 0 saturated carbocycles. The van der Waals surface area contributed by atoms with Crippen LogP contribution in [0.2, 0.25) is 0 Å². The summed E-state index contributed by atoms with van der Waals surface area (Å²) >= 11 is 7.62. The molecule has 2 aliphatic heterocycles. The SMILES string of the molecule is CC(C)(C)c1cc2c3c(c1)Cc1cc(C(C)(C)C)cc(C(C)(C)C)c1O[P+](Cl)(O3)Oc1c(cc(C(C)(C)C)cc1C(C)(C)C)C2. The van der Waals surface area contributed by atoms with Gasteiger partial charge in [0.25, 0.3) is 0 Å². The average Bonchev–Trinajstić information content (AvgIpc) is 2.82. The Morgan fingerprint density at radius 3 is 0.978 bits per heavy atom. The van der Waals surface area contributed by atoms with Gasteiger partial charge in [0.05, 0.1) is 0 Å². The van der Waals surface area contributed by atoms with E-state index in [-0.39, 0.29) is 27.1 Å². The molecule has 0 N–H and O–H groups in total. The Morgan fingerprint density at radius 2 is 0.689 bits per heavy atom. The van der Waals surface area contributed by atoms with E-state index in [0.29, 0.717) is 12.8 Å². The van der Waals surface area contributed by atoms with E-state index in [9.17, 15) is 0 Å².